The Morgan fingerprint density at radius 2 is 2.00 bits per heavy atom. The van der Waals surface area contributed by atoms with Gasteiger partial charge in [0, 0.05) is 6.04 Å². The summed E-state index contributed by atoms with van der Waals surface area (Å²) in [5.41, 5.74) is 1.40. The van der Waals surface area contributed by atoms with E-state index >= 15 is 0 Å². The molecule has 0 aromatic rings. The lowest BCUT2D eigenvalue weighted by Gasteiger charge is -2.10. The molecule has 1 heteroatoms. The molecule has 0 saturated carbocycles. The maximum atomic E-state index is 3.39. The fraction of sp³-hybridized carbons (Fsp3) is 0.778. The van der Waals surface area contributed by atoms with Gasteiger partial charge in [-0.15, -0.1) is 0 Å². The van der Waals surface area contributed by atoms with Crippen LogP contribution < -0.4 is 5.32 Å². The molecule has 0 aliphatic heterocycles. The van der Waals surface area contributed by atoms with Gasteiger partial charge >= 0.3 is 0 Å². The van der Waals surface area contributed by atoms with Gasteiger partial charge in [-0.3, -0.25) is 0 Å². The molecule has 0 heterocycles. The number of nitrogens with one attached hydrogen (secondary N) is 1. The Labute approximate surface area is 64.5 Å². The number of hydrogen-bond acceptors (Lipinski definition) is 1. The van der Waals surface area contributed by atoms with Crippen LogP contribution >= 0.6 is 0 Å². The molecule has 0 aromatic heterocycles. The van der Waals surface area contributed by atoms with Crippen molar-refractivity contribution in [1.29, 1.82) is 0 Å². The van der Waals surface area contributed by atoms with Crippen LogP contribution in [0.4, 0.5) is 0 Å². The second-order valence-corrected chi connectivity index (χ2v) is 2.82. The molecule has 1 N–H and O–H groups in total. The van der Waals surface area contributed by atoms with Crippen molar-refractivity contribution in [1.82, 2.24) is 5.32 Å². The molecule has 10 heavy (non-hydrogen) atoms. The molecule has 0 bridgehead atoms. The van der Waals surface area contributed by atoms with Crippen LogP contribution in [-0.2, 0) is 0 Å². The van der Waals surface area contributed by atoms with Gasteiger partial charge in [-0.2, -0.15) is 0 Å². The number of rotatable bonds is 4. The van der Waals surface area contributed by atoms with Gasteiger partial charge in [0.2, 0.25) is 0 Å². The number of allylic oxidation sites excluding steroid dienone is 1. The van der Waals surface area contributed by atoms with Crippen LogP contribution in [0.5, 0.6) is 0 Å². The first-order valence-corrected chi connectivity index (χ1v) is 4.09. The van der Waals surface area contributed by atoms with E-state index in [4.69, 9.17) is 0 Å². The van der Waals surface area contributed by atoms with E-state index in [2.05, 4.69) is 39.1 Å². The zero-order chi connectivity index (χ0) is 7.98. The molecule has 0 aromatic carbocycles. The Balaban J connectivity index is 3.71. The average molecular weight is 141 g/mol. The van der Waals surface area contributed by atoms with Crippen LogP contribution in [0.2, 0.25) is 0 Å². The molecule has 0 rings (SSSR count). The third-order valence-corrected chi connectivity index (χ3v) is 1.44. The molecule has 1 unspecified atom stereocenters. The monoisotopic (exact) mass is 141 g/mol. The predicted octanol–water partition coefficient (Wildman–Crippen LogP) is 2.34. The number of hydrogen-bond donors (Lipinski definition) is 1. The molecule has 0 fully saturated rings. The van der Waals surface area contributed by atoms with E-state index in [1.807, 2.05) is 0 Å². The fourth-order valence-corrected chi connectivity index (χ4v) is 0.986. The van der Waals surface area contributed by atoms with Crippen LogP contribution in [-0.4, -0.2) is 12.6 Å². The Bertz CT molecular complexity index is 101. The maximum absolute atomic E-state index is 3.39. The molecule has 0 aliphatic carbocycles. The van der Waals surface area contributed by atoms with Crippen molar-refractivity contribution in [2.24, 2.45) is 0 Å². The van der Waals surface area contributed by atoms with Crippen LogP contribution in [0, 0.1) is 0 Å². The van der Waals surface area contributed by atoms with Gasteiger partial charge in [0.15, 0.2) is 0 Å². The van der Waals surface area contributed by atoms with Crippen LogP contribution in [0.3, 0.4) is 0 Å². The zero-order valence-electron chi connectivity index (χ0n) is 7.57. The van der Waals surface area contributed by atoms with E-state index in [0.717, 1.165) is 6.54 Å². The minimum atomic E-state index is 0.579. The zero-order valence-corrected chi connectivity index (χ0v) is 7.57. The van der Waals surface area contributed by atoms with Gasteiger partial charge in [-0.05, 0) is 26.8 Å². The van der Waals surface area contributed by atoms with Gasteiger partial charge < -0.3 is 5.32 Å². The largest absolute Gasteiger partial charge is 0.311 e. The topological polar surface area (TPSA) is 12.0 Å². The van der Waals surface area contributed by atoms with Crippen molar-refractivity contribution in [3.8, 4) is 0 Å². The third kappa shape index (κ3) is 4.57. The Hall–Kier alpha value is -0.300. The highest BCUT2D eigenvalue weighted by atomic mass is 14.9. The molecule has 1 nitrogen and oxygen atoms in total. The van der Waals surface area contributed by atoms with Gasteiger partial charge in [-0.1, -0.05) is 25.5 Å². The first-order chi connectivity index (χ1) is 4.70. The van der Waals surface area contributed by atoms with Gasteiger partial charge in [0.25, 0.3) is 0 Å². The van der Waals surface area contributed by atoms with Crippen molar-refractivity contribution >= 4 is 0 Å². The summed E-state index contributed by atoms with van der Waals surface area (Å²) >= 11 is 0. The lowest BCUT2D eigenvalue weighted by atomic mass is 10.1. The summed E-state index contributed by atoms with van der Waals surface area (Å²) in [5.74, 6) is 0. The average Bonchev–Trinajstić information content (AvgIpc) is 1.86. The minimum absolute atomic E-state index is 0.579. The molecule has 0 aliphatic rings. The summed E-state index contributed by atoms with van der Waals surface area (Å²) in [6.07, 6.45) is 3.46. The van der Waals surface area contributed by atoms with Crippen molar-refractivity contribution in [2.45, 2.75) is 40.2 Å². The summed E-state index contributed by atoms with van der Waals surface area (Å²) < 4.78 is 0. The van der Waals surface area contributed by atoms with E-state index < -0.39 is 0 Å². The molecule has 0 amide bonds. The van der Waals surface area contributed by atoms with Crippen LogP contribution in [0.15, 0.2) is 11.6 Å². The van der Waals surface area contributed by atoms with E-state index in [9.17, 15) is 0 Å². The Kier molecular flexibility index (Phi) is 5.32. The summed E-state index contributed by atoms with van der Waals surface area (Å²) in [4.78, 5) is 0. The summed E-state index contributed by atoms with van der Waals surface area (Å²) in [6, 6.07) is 0.579. The highest BCUT2D eigenvalue weighted by molar-refractivity contribution is 5.00. The third-order valence-electron chi connectivity index (χ3n) is 1.44. The fourth-order valence-electron chi connectivity index (χ4n) is 0.986. The predicted molar refractivity (Wildman–Crippen MR) is 47.2 cm³/mol. The minimum Gasteiger partial charge on any atom is -0.311 e. The molecular weight excluding hydrogens is 122 g/mol. The molecule has 0 spiro atoms. The molecule has 0 saturated heterocycles. The van der Waals surface area contributed by atoms with Crippen LogP contribution in [0.25, 0.3) is 0 Å². The quantitative estimate of drug-likeness (QED) is 0.592. The second kappa shape index (κ2) is 5.48. The maximum Gasteiger partial charge on any atom is 0.0249 e. The Morgan fingerprint density at radius 3 is 2.30 bits per heavy atom. The van der Waals surface area contributed by atoms with Crippen molar-refractivity contribution < 1.29 is 0 Å². The SMILES string of the molecule is CCNC(C=C(C)C)CC. The van der Waals surface area contributed by atoms with Gasteiger partial charge in [0.1, 0.15) is 0 Å². The Morgan fingerprint density at radius 1 is 1.40 bits per heavy atom. The summed E-state index contributed by atoms with van der Waals surface area (Å²) in [6.45, 7) is 9.68. The van der Waals surface area contributed by atoms with Crippen molar-refractivity contribution in [3.05, 3.63) is 11.6 Å². The van der Waals surface area contributed by atoms with E-state index in [1.54, 1.807) is 0 Å². The second-order valence-electron chi connectivity index (χ2n) is 2.82. The lowest BCUT2D eigenvalue weighted by molar-refractivity contribution is 0.596. The van der Waals surface area contributed by atoms with Crippen LogP contribution in [0.1, 0.15) is 34.1 Å². The smallest absolute Gasteiger partial charge is 0.0249 e. The summed E-state index contributed by atoms with van der Waals surface area (Å²) in [5, 5.41) is 3.39. The normalized spacial score (nSPS) is 12.8. The van der Waals surface area contributed by atoms with E-state index in [1.165, 1.54) is 12.0 Å². The first-order valence-electron chi connectivity index (χ1n) is 4.09. The number of likely N-dealkylation sites (N-methyl/N-ethyl adjacent to an activating group) is 1. The molecule has 60 valence electrons. The molecular formula is C9H19N. The molecule has 1 atom stereocenters. The van der Waals surface area contributed by atoms with E-state index in [-0.39, 0.29) is 0 Å². The van der Waals surface area contributed by atoms with Gasteiger partial charge in [0.05, 0.1) is 0 Å². The first kappa shape index (κ1) is 9.70. The standard InChI is InChI=1S/C9H19N/c1-5-9(10-6-2)7-8(3)4/h7,9-10H,5-6H2,1-4H3. The summed E-state index contributed by atoms with van der Waals surface area (Å²) in [7, 11) is 0. The van der Waals surface area contributed by atoms with E-state index in [0.29, 0.717) is 6.04 Å². The molecule has 0 radical (unpaired) electrons. The highest BCUT2D eigenvalue weighted by Crippen LogP contribution is 1.97. The van der Waals surface area contributed by atoms with Crippen molar-refractivity contribution in [2.75, 3.05) is 6.54 Å². The van der Waals surface area contributed by atoms with Gasteiger partial charge in [-0.25, -0.2) is 0 Å². The highest BCUT2D eigenvalue weighted by Gasteiger charge is 1.97. The van der Waals surface area contributed by atoms with Crippen molar-refractivity contribution in [3.63, 3.8) is 0 Å². The lowest BCUT2D eigenvalue weighted by Crippen LogP contribution is -2.26.